The standard InChI is InChI=1S/C16H15F3N2O3/c17-16(18,19)15(24)5-7-21(8-6-15)14(23)11-9-13(22)20-12-4-2-1-3-10(11)12/h1-4,9,24H,5-8H2,(H,20,22). The number of alkyl halides is 3. The monoisotopic (exact) mass is 340 g/mol. The molecule has 24 heavy (non-hydrogen) atoms. The SMILES string of the molecule is O=C(c1cc(=O)[nH]c2ccccc12)N1CCC(O)(C(F)(F)F)CC1. The Balaban J connectivity index is 1.88. The second kappa shape index (κ2) is 5.62. The first-order valence-corrected chi connectivity index (χ1v) is 7.42. The summed E-state index contributed by atoms with van der Waals surface area (Å²) in [6.07, 6.45) is -5.88. The molecule has 8 heteroatoms. The Kier molecular flexibility index (Phi) is 3.87. The Morgan fingerprint density at radius 3 is 2.46 bits per heavy atom. The van der Waals surface area contributed by atoms with Crippen molar-refractivity contribution in [2.75, 3.05) is 13.1 Å². The molecule has 1 aromatic carbocycles. The summed E-state index contributed by atoms with van der Waals surface area (Å²) in [7, 11) is 0. The number of halogens is 3. The molecular weight excluding hydrogens is 325 g/mol. The van der Waals surface area contributed by atoms with Crippen LogP contribution in [0.1, 0.15) is 23.2 Å². The minimum absolute atomic E-state index is 0.145. The molecule has 2 aromatic rings. The number of piperidine rings is 1. The number of carbonyl (C=O) groups excluding carboxylic acids is 1. The minimum atomic E-state index is -4.72. The zero-order valence-corrected chi connectivity index (χ0v) is 12.6. The van der Waals surface area contributed by atoms with Crippen LogP contribution in [0.15, 0.2) is 35.1 Å². The summed E-state index contributed by atoms with van der Waals surface area (Å²) < 4.78 is 38.5. The molecule has 0 spiro atoms. The molecule has 0 saturated carbocycles. The number of aliphatic hydroxyl groups is 1. The molecule has 0 bridgehead atoms. The van der Waals surface area contributed by atoms with E-state index in [1.54, 1.807) is 24.3 Å². The van der Waals surface area contributed by atoms with Crippen LogP contribution in [0, 0.1) is 0 Å². The molecular formula is C16H15F3N2O3. The Labute approximate surface area is 134 Å². The topological polar surface area (TPSA) is 73.4 Å². The number of benzene rings is 1. The molecule has 1 amide bonds. The number of amides is 1. The Bertz CT molecular complexity index is 836. The number of aromatic amines is 1. The van der Waals surface area contributed by atoms with Gasteiger partial charge in [0.2, 0.25) is 5.56 Å². The fourth-order valence-corrected chi connectivity index (χ4v) is 2.92. The highest BCUT2D eigenvalue weighted by molar-refractivity contribution is 6.05. The van der Waals surface area contributed by atoms with E-state index in [9.17, 15) is 27.9 Å². The summed E-state index contributed by atoms with van der Waals surface area (Å²) in [5, 5.41) is 10.2. The van der Waals surface area contributed by atoms with Gasteiger partial charge in [-0.05, 0) is 6.07 Å². The predicted octanol–water partition coefficient (Wildman–Crippen LogP) is 2.06. The van der Waals surface area contributed by atoms with Gasteiger partial charge in [-0.15, -0.1) is 0 Å². The average molecular weight is 340 g/mol. The summed E-state index contributed by atoms with van der Waals surface area (Å²) in [4.78, 5) is 28.2. The van der Waals surface area contributed by atoms with Gasteiger partial charge in [-0.1, -0.05) is 18.2 Å². The molecule has 0 atom stereocenters. The Morgan fingerprint density at radius 2 is 1.83 bits per heavy atom. The van der Waals surface area contributed by atoms with Crippen molar-refractivity contribution < 1.29 is 23.1 Å². The molecule has 1 saturated heterocycles. The summed E-state index contributed by atoms with van der Waals surface area (Å²) in [6.45, 7) is -0.452. The summed E-state index contributed by atoms with van der Waals surface area (Å²) in [5.74, 6) is -0.512. The third kappa shape index (κ3) is 2.77. The quantitative estimate of drug-likeness (QED) is 0.835. The van der Waals surface area contributed by atoms with Crippen LogP contribution in [0.3, 0.4) is 0 Å². The van der Waals surface area contributed by atoms with E-state index in [1.165, 1.54) is 4.90 Å². The summed E-state index contributed by atoms with van der Waals surface area (Å²) in [6, 6.07) is 7.86. The number of carbonyl (C=O) groups is 1. The van der Waals surface area contributed by atoms with E-state index in [0.717, 1.165) is 6.07 Å². The lowest BCUT2D eigenvalue weighted by Gasteiger charge is -2.39. The van der Waals surface area contributed by atoms with Crippen molar-refractivity contribution in [3.05, 3.63) is 46.2 Å². The molecule has 1 aliphatic heterocycles. The van der Waals surface area contributed by atoms with Crippen LogP contribution in [0.25, 0.3) is 10.9 Å². The predicted molar refractivity (Wildman–Crippen MR) is 80.7 cm³/mol. The van der Waals surface area contributed by atoms with Gasteiger partial charge in [0.25, 0.3) is 5.91 Å². The maximum Gasteiger partial charge on any atom is 0.417 e. The van der Waals surface area contributed by atoms with Crippen LogP contribution in [-0.2, 0) is 0 Å². The lowest BCUT2D eigenvalue weighted by atomic mass is 9.90. The number of para-hydroxylation sites is 1. The highest BCUT2D eigenvalue weighted by Crippen LogP contribution is 2.38. The van der Waals surface area contributed by atoms with E-state index in [2.05, 4.69) is 4.98 Å². The third-order valence-electron chi connectivity index (χ3n) is 4.39. The van der Waals surface area contributed by atoms with Crippen LogP contribution in [0.2, 0.25) is 0 Å². The van der Waals surface area contributed by atoms with Crippen molar-refractivity contribution in [1.82, 2.24) is 9.88 Å². The van der Waals surface area contributed by atoms with Gasteiger partial charge in [-0.2, -0.15) is 13.2 Å². The lowest BCUT2D eigenvalue weighted by molar-refractivity contribution is -0.271. The molecule has 0 unspecified atom stereocenters. The minimum Gasteiger partial charge on any atom is -0.380 e. The van der Waals surface area contributed by atoms with Crippen molar-refractivity contribution >= 4 is 16.8 Å². The molecule has 2 heterocycles. The van der Waals surface area contributed by atoms with E-state index in [1.807, 2.05) is 0 Å². The molecule has 3 rings (SSSR count). The second-order valence-electron chi connectivity index (χ2n) is 5.91. The van der Waals surface area contributed by atoms with Crippen molar-refractivity contribution in [1.29, 1.82) is 0 Å². The number of rotatable bonds is 1. The molecule has 1 aliphatic rings. The number of likely N-dealkylation sites (tertiary alicyclic amines) is 1. The van der Waals surface area contributed by atoms with Gasteiger partial charge in [0.1, 0.15) is 0 Å². The van der Waals surface area contributed by atoms with Crippen LogP contribution in [-0.4, -0.2) is 45.8 Å². The maximum absolute atomic E-state index is 12.8. The highest BCUT2D eigenvalue weighted by atomic mass is 19.4. The number of nitrogens with one attached hydrogen (secondary N) is 1. The Morgan fingerprint density at radius 1 is 1.21 bits per heavy atom. The third-order valence-corrected chi connectivity index (χ3v) is 4.39. The number of hydrogen-bond donors (Lipinski definition) is 2. The number of fused-ring (bicyclic) bond motifs is 1. The van der Waals surface area contributed by atoms with Gasteiger partial charge >= 0.3 is 6.18 Å². The molecule has 0 radical (unpaired) electrons. The van der Waals surface area contributed by atoms with Gasteiger partial charge in [0, 0.05) is 42.9 Å². The zero-order valence-electron chi connectivity index (χ0n) is 12.6. The largest absolute Gasteiger partial charge is 0.417 e. The highest BCUT2D eigenvalue weighted by Gasteiger charge is 2.54. The van der Waals surface area contributed by atoms with Crippen LogP contribution < -0.4 is 5.56 Å². The van der Waals surface area contributed by atoms with E-state index < -0.39 is 36.1 Å². The van der Waals surface area contributed by atoms with Crippen molar-refractivity contribution in [2.45, 2.75) is 24.6 Å². The molecule has 1 aromatic heterocycles. The fraction of sp³-hybridized carbons (Fsp3) is 0.375. The van der Waals surface area contributed by atoms with Crippen LogP contribution in [0.5, 0.6) is 0 Å². The number of hydrogen-bond acceptors (Lipinski definition) is 3. The number of aromatic nitrogens is 1. The maximum atomic E-state index is 12.8. The Hall–Kier alpha value is -2.35. The number of H-pyrrole nitrogens is 1. The van der Waals surface area contributed by atoms with E-state index in [0.29, 0.717) is 10.9 Å². The molecule has 2 N–H and O–H groups in total. The summed E-state index contributed by atoms with van der Waals surface area (Å²) in [5.41, 5.74) is -2.59. The number of pyridine rings is 1. The van der Waals surface area contributed by atoms with Crippen molar-refractivity contribution in [3.63, 3.8) is 0 Å². The van der Waals surface area contributed by atoms with Gasteiger partial charge in [-0.3, -0.25) is 9.59 Å². The first-order chi connectivity index (χ1) is 11.2. The molecule has 128 valence electrons. The average Bonchev–Trinajstić information content (AvgIpc) is 2.53. The van der Waals surface area contributed by atoms with E-state index in [-0.39, 0.29) is 18.7 Å². The van der Waals surface area contributed by atoms with Crippen molar-refractivity contribution in [2.24, 2.45) is 0 Å². The number of nitrogens with zero attached hydrogens (tertiary/aromatic N) is 1. The van der Waals surface area contributed by atoms with Gasteiger partial charge in [0.15, 0.2) is 5.60 Å². The first kappa shape index (κ1) is 16.5. The molecule has 0 aliphatic carbocycles. The zero-order chi connectivity index (χ0) is 17.5. The van der Waals surface area contributed by atoms with Gasteiger partial charge in [0.05, 0.1) is 5.56 Å². The van der Waals surface area contributed by atoms with Crippen LogP contribution in [0.4, 0.5) is 13.2 Å². The van der Waals surface area contributed by atoms with Crippen LogP contribution >= 0.6 is 0 Å². The smallest absolute Gasteiger partial charge is 0.380 e. The van der Waals surface area contributed by atoms with Gasteiger partial charge in [-0.25, -0.2) is 0 Å². The normalized spacial score (nSPS) is 17.9. The lowest BCUT2D eigenvalue weighted by Crippen LogP contribution is -2.54. The summed E-state index contributed by atoms with van der Waals surface area (Å²) >= 11 is 0. The van der Waals surface area contributed by atoms with E-state index in [4.69, 9.17) is 0 Å². The van der Waals surface area contributed by atoms with E-state index >= 15 is 0 Å². The second-order valence-corrected chi connectivity index (χ2v) is 5.91. The van der Waals surface area contributed by atoms with Crippen molar-refractivity contribution in [3.8, 4) is 0 Å². The van der Waals surface area contributed by atoms with Gasteiger partial charge < -0.3 is 15.0 Å². The fourth-order valence-electron chi connectivity index (χ4n) is 2.92. The molecule has 1 fully saturated rings. The first-order valence-electron chi connectivity index (χ1n) is 7.42. The molecule has 5 nitrogen and oxygen atoms in total.